The zero-order chi connectivity index (χ0) is 14.0. The largest absolute Gasteiger partial charge is 0.325 e. The number of benzene rings is 1. The van der Waals surface area contributed by atoms with Gasteiger partial charge in [0, 0.05) is 5.69 Å². The highest BCUT2D eigenvalue weighted by molar-refractivity contribution is 7.91. The van der Waals surface area contributed by atoms with Gasteiger partial charge in [-0.15, -0.1) is 0 Å². The monoisotopic (exact) mass is 281 g/mol. The van der Waals surface area contributed by atoms with Crippen LogP contribution in [0.2, 0.25) is 0 Å². The molecule has 1 aromatic carbocycles. The number of sulfone groups is 1. The van der Waals surface area contributed by atoms with E-state index in [1.54, 1.807) is 0 Å². The first-order valence-electron chi connectivity index (χ1n) is 6.46. The number of carbonyl (C=O) groups is 1. The van der Waals surface area contributed by atoms with Gasteiger partial charge in [0.25, 0.3) is 0 Å². The van der Waals surface area contributed by atoms with Gasteiger partial charge in [-0.05, 0) is 37.8 Å². The molecule has 19 heavy (non-hydrogen) atoms. The standard InChI is InChI=1S/C14H19NO3S/c1-10-5-3-6-11(2)13(10)15-14(16)12-7-4-8-19(17,18)9-12/h3,5-6,12H,4,7-9H2,1-2H3,(H,15,16). The van der Waals surface area contributed by atoms with Crippen LogP contribution in [0.25, 0.3) is 0 Å². The van der Waals surface area contributed by atoms with E-state index in [1.165, 1.54) is 0 Å². The number of hydrogen-bond donors (Lipinski definition) is 1. The van der Waals surface area contributed by atoms with Gasteiger partial charge in [-0.25, -0.2) is 8.42 Å². The molecule has 0 aliphatic carbocycles. The van der Waals surface area contributed by atoms with Crippen LogP contribution in [0.1, 0.15) is 24.0 Å². The van der Waals surface area contributed by atoms with Crippen molar-refractivity contribution in [3.8, 4) is 0 Å². The quantitative estimate of drug-likeness (QED) is 0.902. The van der Waals surface area contributed by atoms with E-state index in [-0.39, 0.29) is 17.4 Å². The molecule has 1 atom stereocenters. The second kappa shape index (κ2) is 5.33. The van der Waals surface area contributed by atoms with Crippen LogP contribution in [-0.4, -0.2) is 25.8 Å². The molecule has 1 amide bonds. The summed E-state index contributed by atoms with van der Waals surface area (Å²) in [6.45, 7) is 3.86. The molecule has 1 aliphatic heterocycles. The normalized spacial score (nSPS) is 21.9. The van der Waals surface area contributed by atoms with Crippen molar-refractivity contribution in [3.05, 3.63) is 29.3 Å². The third-order valence-corrected chi connectivity index (χ3v) is 5.38. The lowest BCUT2D eigenvalue weighted by atomic mass is 10.0. The highest BCUT2D eigenvalue weighted by Gasteiger charge is 2.30. The van der Waals surface area contributed by atoms with Crippen LogP contribution in [0.4, 0.5) is 5.69 Å². The predicted octanol–water partition coefficient (Wildman–Crippen LogP) is 2.07. The van der Waals surface area contributed by atoms with Crippen molar-refractivity contribution in [2.75, 3.05) is 16.8 Å². The number of para-hydroxylation sites is 1. The van der Waals surface area contributed by atoms with Gasteiger partial charge in [-0.2, -0.15) is 0 Å². The summed E-state index contributed by atoms with van der Waals surface area (Å²) in [5.41, 5.74) is 2.79. The number of aryl methyl sites for hydroxylation is 2. The Bertz CT molecular complexity index is 572. The Morgan fingerprint density at radius 1 is 1.26 bits per heavy atom. The van der Waals surface area contributed by atoms with Gasteiger partial charge >= 0.3 is 0 Å². The van der Waals surface area contributed by atoms with Gasteiger partial charge in [0.1, 0.15) is 0 Å². The Kier molecular flexibility index (Phi) is 3.94. The van der Waals surface area contributed by atoms with Crippen LogP contribution in [0, 0.1) is 19.8 Å². The summed E-state index contributed by atoms with van der Waals surface area (Å²) in [6.07, 6.45) is 1.23. The fourth-order valence-corrected chi connectivity index (χ4v) is 4.17. The first-order valence-corrected chi connectivity index (χ1v) is 8.29. The van der Waals surface area contributed by atoms with Crippen LogP contribution in [0.15, 0.2) is 18.2 Å². The van der Waals surface area contributed by atoms with Gasteiger partial charge in [-0.3, -0.25) is 4.79 Å². The maximum Gasteiger partial charge on any atom is 0.228 e. The second-order valence-corrected chi connectivity index (χ2v) is 7.44. The number of rotatable bonds is 2. The zero-order valence-electron chi connectivity index (χ0n) is 11.3. The van der Waals surface area contributed by atoms with Crippen LogP contribution in [0.3, 0.4) is 0 Å². The Morgan fingerprint density at radius 3 is 2.47 bits per heavy atom. The summed E-state index contributed by atoms with van der Waals surface area (Å²) in [6, 6.07) is 5.80. The molecule has 0 saturated carbocycles. The first-order chi connectivity index (χ1) is 8.89. The number of nitrogens with one attached hydrogen (secondary N) is 1. The summed E-state index contributed by atoms with van der Waals surface area (Å²) in [4.78, 5) is 12.2. The van der Waals surface area contributed by atoms with Crippen LogP contribution in [0.5, 0.6) is 0 Å². The highest BCUT2D eigenvalue weighted by atomic mass is 32.2. The molecule has 0 radical (unpaired) electrons. The van der Waals surface area contributed by atoms with Crippen LogP contribution >= 0.6 is 0 Å². The van der Waals surface area contributed by atoms with E-state index in [0.29, 0.717) is 12.8 Å². The van der Waals surface area contributed by atoms with Gasteiger partial charge in [-0.1, -0.05) is 18.2 Å². The Labute approximate surface area is 114 Å². The van der Waals surface area contributed by atoms with E-state index in [4.69, 9.17) is 0 Å². The third kappa shape index (κ3) is 3.35. The van der Waals surface area contributed by atoms with Crippen LogP contribution < -0.4 is 5.32 Å². The van der Waals surface area contributed by atoms with Gasteiger partial charge in [0.05, 0.1) is 17.4 Å². The molecule has 1 N–H and O–H groups in total. The molecular formula is C14H19NO3S. The van der Waals surface area contributed by atoms with Crippen molar-refractivity contribution in [1.29, 1.82) is 0 Å². The average Bonchev–Trinajstić information content (AvgIpc) is 2.32. The van der Waals surface area contributed by atoms with Crippen molar-refractivity contribution in [2.45, 2.75) is 26.7 Å². The Hall–Kier alpha value is -1.36. The minimum atomic E-state index is -3.05. The lowest BCUT2D eigenvalue weighted by molar-refractivity contribution is -0.119. The van der Waals surface area contributed by atoms with E-state index >= 15 is 0 Å². The molecule has 0 aromatic heterocycles. The molecule has 1 aliphatic rings. The van der Waals surface area contributed by atoms with E-state index < -0.39 is 15.8 Å². The summed E-state index contributed by atoms with van der Waals surface area (Å²) in [5.74, 6) is -0.414. The number of hydrogen-bond acceptors (Lipinski definition) is 3. The minimum absolute atomic E-state index is 0.0240. The molecule has 0 spiro atoms. The van der Waals surface area contributed by atoms with Crippen molar-refractivity contribution < 1.29 is 13.2 Å². The van der Waals surface area contributed by atoms with Crippen molar-refractivity contribution in [1.82, 2.24) is 0 Å². The summed E-state index contributed by atoms with van der Waals surface area (Å²) >= 11 is 0. The Morgan fingerprint density at radius 2 is 1.89 bits per heavy atom. The van der Waals surface area contributed by atoms with Crippen molar-refractivity contribution in [3.63, 3.8) is 0 Å². The van der Waals surface area contributed by atoms with Gasteiger partial charge < -0.3 is 5.32 Å². The van der Waals surface area contributed by atoms with E-state index in [9.17, 15) is 13.2 Å². The molecule has 1 fully saturated rings. The molecular weight excluding hydrogens is 262 g/mol. The molecule has 1 unspecified atom stereocenters. The number of anilines is 1. The van der Waals surface area contributed by atoms with Gasteiger partial charge in [0.15, 0.2) is 9.84 Å². The molecule has 1 aromatic rings. The van der Waals surface area contributed by atoms with E-state index in [0.717, 1.165) is 16.8 Å². The maximum absolute atomic E-state index is 12.2. The molecule has 5 heteroatoms. The highest BCUT2D eigenvalue weighted by Crippen LogP contribution is 2.23. The third-order valence-electron chi connectivity index (χ3n) is 3.56. The minimum Gasteiger partial charge on any atom is -0.325 e. The lowest BCUT2D eigenvalue weighted by Crippen LogP contribution is -2.34. The molecule has 4 nitrogen and oxygen atoms in total. The fraction of sp³-hybridized carbons (Fsp3) is 0.500. The van der Waals surface area contributed by atoms with Crippen molar-refractivity contribution >= 4 is 21.4 Å². The summed E-state index contributed by atoms with van der Waals surface area (Å²) in [5, 5.41) is 2.88. The molecule has 2 rings (SSSR count). The summed E-state index contributed by atoms with van der Waals surface area (Å²) in [7, 11) is -3.05. The number of carbonyl (C=O) groups excluding carboxylic acids is 1. The zero-order valence-corrected chi connectivity index (χ0v) is 12.1. The molecule has 1 heterocycles. The topological polar surface area (TPSA) is 63.2 Å². The maximum atomic E-state index is 12.2. The van der Waals surface area contributed by atoms with Crippen molar-refractivity contribution in [2.24, 2.45) is 5.92 Å². The van der Waals surface area contributed by atoms with Gasteiger partial charge in [0.2, 0.25) is 5.91 Å². The molecule has 0 bridgehead atoms. The van der Waals surface area contributed by atoms with E-state index in [2.05, 4.69) is 5.32 Å². The Balaban J connectivity index is 2.13. The SMILES string of the molecule is Cc1cccc(C)c1NC(=O)C1CCCS(=O)(=O)C1. The predicted molar refractivity (Wildman–Crippen MR) is 75.9 cm³/mol. The molecule has 1 saturated heterocycles. The smallest absolute Gasteiger partial charge is 0.228 e. The molecule has 104 valence electrons. The summed E-state index contributed by atoms with van der Waals surface area (Å²) < 4.78 is 23.1. The van der Waals surface area contributed by atoms with Crippen LogP contribution in [-0.2, 0) is 14.6 Å². The lowest BCUT2D eigenvalue weighted by Gasteiger charge is -2.22. The number of amides is 1. The second-order valence-electron chi connectivity index (χ2n) is 5.21. The van der Waals surface area contributed by atoms with E-state index in [1.807, 2.05) is 32.0 Å². The average molecular weight is 281 g/mol. The first kappa shape index (κ1) is 14.1. The fourth-order valence-electron chi connectivity index (χ4n) is 2.47.